The molecule has 0 bridgehead atoms. The zero-order valence-corrected chi connectivity index (χ0v) is 29.4. The molecule has 2 heterocycles. The number of rotatable bonds is 8. The monoisotopic (exact) mass is 667 g/mol. The van der Waals surface area contributed by atoms with Crippen LogP contribution in [-0.4, -0.2) is 20.8 Å². The topological polar surface area (TPSA) is 37.2 Å². The van der Waals surface area contributed by atoms with E-state index in [0.29, 0.717) is 12.0 Å². The largest absolute Gasteiger partial charge is 0.333 e. The van der Waals surface area contributed by atoms with Gasteiger partial charge in [0.2, 0.25) is 0 Å². The molecule has 1 aliphatic heterocycles. The number of benzene rings is 4. The van der Waals surface area contributed by atoms with E-state index in [1.54, 1.807) is 0 Å². The van der Waals surface area contributed by atoms with Gasteiger partial charge in [0, 0.05) is 45.5 Å². The van der Waals surface area contributed by atoms with E-state index in [9.17, 15) is 0 Å². The first-order chi connectivity index (χ1) is 25.3. The third-order valence-electron chi connectivity index (χ3n) is 11.2. The summed E-state index contributed by atoms with van der Waals surface area (Å²) >= 11 is 0. The molecule has 51 heavy (non-hydrogen) atoms. The van der Waals surface area contributed by atoms with Gasteiger partial charge in [-0.15, -0.1) is 10.2 Å². The van der Waals surface area contributed by atoms with E-state index in [-0.39, 0.29) is 6.04 Å². The van der Waals surface area contributed by atoms with E-state index in [2.05, 4.69) is 161 Å². The SMILES string of the molecule is CCc1ccc(-c2nnc(-c3ccc(N(C4=CCCCC4)c4ccc(N5c6ccccc6C6C=CC=CC65)cc4)cc3)n2C2C=CCCC2)cc1. The summed E-state index contributed by atoms with van der Waals surface area (Å²) in [6.07, 6.45) is 25.3. The molecule has 3 unspecified atom stereocenters. The molecule has 0 spiro atoms. The van der Waals surface area contributed by atoms with Gasteiger partial charge in [0.05, 0.1) is 12.1 Å². The highest BCUT2D eigenvalue weighted by molar-refractivity contribution is 5.78. The molecule has 0 saturated heterocycles. The van der Waals surface area contributed by atoms with Gasteiger partial charge in [-0.25, -0.2) is 0 Å². The van der Waals surface area contributed by atoms with Crippen LogP contribution in [0.4, 0.5) is 22.7 Å². The van der Waals surface area contributed by atoms with Gasteiger partial charge in [-0.05, 0) is 117 Å². The van der Waals surface area contributed by atoms with Crippen LogP contribution in [0.15, 0.2) is 145 Å². The summed E-state index contributed by atoms with van der Waals surface area (Å²) in [6, 6.07) is 36.5. The Bertz CT molecular complexity index is 2130. The molecule has 5 nitrogen and oxygen atoms in total. The summed E-state index contributed by atoms with van der Waals surface area (Å²) in [6.45, 7) is 2.20. The Hall–Kier alpha value is -5.42. The highest BCUT2D eigenvalue weighted by atomic mass is 15.3. The van der Waals surface area contributed by atoms with Crippen LogP contribution in [0.3, 0.4) is 0 Å². The number of aromatic nitrogens is 3. The second-order valence-electron chi connectivity index (χ2n) is 14.2. The Balaban J connectivity index is 1.06. The van der Waals surface area contributed by atoms with E-state index in [0.717, 1.165) is 54.9 Å². The molecule has 0 radical (unpaired) electrons. The Morgan fingerprint density at radius 3 is 2.10 bits per heavy atom. The molecule has 3 aliphatic carbocycles. The predicted molar refractivity (Wildman–Crippen MR) is 211 cm³/mol. The number of para-hydroxylation sites is 1. The Morgan fingerprint density at radius 2 is 1.41 bits per heavy atom. The van der Waals surface area contributed by atoms with Crippen LogP contribution in [0.1, 0.15) is 75.0 Å². The molecule has 4 aliphatic rings. The van der Waals surface area contributed by atoms with Gasteiger partial charge < -0.3 is 9.80 Å². The van der Waals surface area contributed by atoms with Gasteiger partial charge >= 0.3 is 0 Å². The van der Waals surface area contributed by atoms with E-state index in [4.69, 9.17) is 10.2 Å². The van der Waals surface area contributed by atoms with Crippen molar-refractivity contribution in [2.45, 2.75) is 76.3 Å². The lowest BCUT2D eigenvalue weighted by Gasteiger charge is -2.32. The van der Waals surface area contributed by atoms with Crippen molar-refractivity contribution in [1.29, 1.82) is 0 Å². The average Bonchev–Trinajstić information content (AvgIpc) is 3.80. The summed E-state index contributed by atoms with van der Waals surface area (Å²) in [5.74, 6) is 2.25. The molecule has 3 atom stereocenters. The summed E-state index contributed by atoms with van der Waals surface area (Å²) in [5.41, 5.74) is 11.2. The number of allylic oxidation sites excluding steroid dienone is 6. The molecule has 0 N–H and O–H groups in total. The number of aryl methyl sites for hydroxylation is 1. The molecular weight excluding hydrogens is 623 g/mol. The van der Waals surface area contributed by atoms with Crippen molar-refractivity contribution in [2.75, 3.05) is 9.80 Å². The van der Waals surface area contributed by atoms with E-state index in [1.165, 1.54) is 58.8 Å². The van der Waals surface area contributed by atoms with Crippen LogP contribution in [0, 0.1) is 0 Å². The molecule has 1 aromatic heterocycles. The lowest BCUT2D eigenvalue weighted by Crippen LogP contribution is -2.28. The predicted octanol–water partition coefficient (Wildman–Crippen LogP) is 11.8. The highest BCUT2D eigenvalue weighted by Crippen LogP contribution is 2.48. The zero-order valence-electron chi connectivity index (χ0n) is 29.4. The van der Waals surface area contributed by atoms with Crippen LogP contribution in [0.25, 0.3) is 22.8 Å². The maximum Gasteiger partial charge on any atom is 0.164 e. The van der Waals surface area contributed by atoms with Crippen molar-refractivity contribution < 1.29 is 0 Å². The van der Waals surface area contributed by atoms with Crippen molar-refractivity contribution in [1.82, 2.24) is 14.8 Å². The number of hydrogen-bond donors (Lipinski definition) is 0. The van der Waals surface area contributed by atoms with Crippen LogP contribution in [0.5, 0.6) is 0 Å². The third kappa shape index (κ3) is 5.85. The van der Waals surface area contributed by atoms with Gasteiger partial charge in [-0.2, -0.15) is 0 Å². The summed E-state index contributed by atoms with van der Waals surface area (Å²) in [4.78, 5) is 4.97. The van der Waals surface area contributed by atoms with Gasteiger partial charge in [-0.3, -0.25) is 4.57 Å². The van der Waals surface area contributed by atoms with Crippen molar-refractivity contribution >= 4 is 22.7 Å². The smallest absolute Gasteiger partial charge is 0.164 e. The van der Waals surface area contributed by atoms with Crippen molar-refractivity contribution in [2.24, 2.45) is 0 Å². The van der Waals surface area contributed by atoms with E-state index in [1.807, 2.05) is 0 Å². The lowest BCUT2D eigenvalue weighted by molar-refractivity contribution is 0.524. The molecule has 0 amide bonds. The van der Waals surface area contributed by atoms with Crippen molar-refractivity contribution in [3.63, 3.8) is 0 Å². The minimum absolute atomic E-state index is 0.240. The maximum atomic E-state index is 4.84. The summed E-state index contributed by atoms with van der Waals surface area (Å²) in [5, 5.41) is 9.64. The maximum absolute atomic E-state index is 4.84. The molecule has 254 valence electrons. The van der Waals surface area contributed by atoms with Crippen molar-refractivity contribution in [3.8, 4) is 22.8 Å². The second-order valence-corrected chi connectivity index (χ2v) is 14.2. The van der Waals surface area contributed by atoms with Gasteiger partial charge in [-0.1, -0.05) is 91.9 Å². The first-order valence-corrected chi connectivity index (χ1v) is 18.9. The molecule has 5 heteroatoms. The lowest BCUT2D eigenvalue weighted by atomic mass is 9.91. The van der Waals surface area contributed by atoms with Gasteiger partial charge in [0.1, 0.15) is 0 Å². The van der Waals surface area contributed by atoms with Crippen molar-refractivity contribution in [3.05, 3.63) is 156 Å². The van der Waals surface area contributed by atoms with Gasteiger partial charge in [0.15, 0.2) is 11.6 Å². The number of fused-ring (bicyclic) bond motifs is 3. The minimum Gasteiger partial charge on any atom is -0.333 e. The standard InChI is InChI=1S/C46H45N5/c1-2-33-21-23-34(24-22-33)45-47-48-46(51(45)37-15-7-4-8-16-37)35-25-27-38(28-26-35)49(36-13-5-3-6-14-36)39-29-31-40(32-30-39)50-43-19-11-9-17-41(43)42-18-10-12-20-44(42)50/h7,9-13,15,17-32,37,41,43H,2-6,8,14,16H2,1H3. The second kappa shape index (κ2) is 13.7. The first-order valence-electron chi connectivity index (χ1n) is 18.9. The first kappa shape index (κ1) is 31.6. The molecule has 4 aromatic carbocycles. The average molecular weight is 668 g/mol. The quantitative estimate of drug-likeness (QED) is 0.154. The zero-order chi connectivity index (χ0) is 34.1. The molecule has 5 aromatic rings. The Labute approximate surface area is 302 Å². The molecule has 0 saturated carbocycles. The normalized spacial score (nSPS) is 20.6. The molecule has 0 fully saturated rings. The van der Waals surface area contributed by atoms with Crippen LogP contribution < -0.4 is 9.80 Å². The van der Waals surface area contributed by atoms with E-state index < -0.39 is 0 Å². The van der Waals surface area contributed by atoms with Crippen LogP contribution in [0.2, 0.25) is 0 Å². The fourth-order valence-corrected chi connectivity index (χ4v) is 8.52. The van der Waals surface area contributed by atoms with E-state index >= 15 is 0 Å². The molecule has 9 rings (SSSR count). The summed E-state index contributed by atoms with van der Waals surface area (Å²) < 4.78 is 2.37. The van der Waals surface area contributed by atoms with Crippen LogP contribution >= 0.6 is 0 Å². The Kier molecular flexibility index (Phi) is 8.48. The third-order valence-corrected chi connectivity index (χ3v) is 11.2. The number of anilines is 4. The fourth-order valence-electron chi connectivity index (χ4n) is 8.52. The molecular formula is C46H45N5. The highest BCUT2D eigenvalue weighted by Gasteiger charge is 2.37. The number of nitrogens with zero attached hydrogens (tertiary/aromatic N) is 5. The van der Waals surface area contributed by atoms with Gasteiger partial charge in [0.25, 0.3) is 0 Å². The number of hydrogen-bond acceptors (Lipinski definition) is 4. The summed E-state index contributed by atoms with van der Waals surface area (Å²) in [7, 11) is 0. The Morgan fingerprint density at radius 1 is 0.706 bits per heavy atom. The van der Waals surface area contributed by atoms with Crippen LogP contribution in [-0.2, 0) is 6.42 Å². The fraction of sp³-hybridized carbons (Fsp3) is 0.261. The minimum atomic E-state index is 0.240.